The van der Waals surface area contributed by atoms with Crippen LogP contribution in [0.2, 0.25) is 0 Å². The Labute approximate surface area is 176 Å². The van der Waals surface area contributed by atoms with Crippen LogP contribution in [0, 0.1) is 4.77 Å². The fraction of sp³-hybridized carbons (Fsp3) is 0.364. The van der Waals surface area contributed by atoms with Crippen molar-refractivity contribution >= 4 is 12.2 Å². The van der Waals surface area contributed by atoms with Crippen LogP contribution in [0.25, 0.3) is 17.1 Å². The molecule has 0 N–H and O–H groups in total. The van der Waals surface area contributed by atoms with E-state index in [1.165, 1.54) is 12.8 Å². The first-order valence-corrected chi connectivity index (χ1v) is 10.4. The van der Waals surface area contributed by atoms with Crippen LogP contribution >= 0.6 is 12.2 Å². The summed E-state index contributed by atoms with van der Waals surface area (Å²) in [6.45, 7) is 5.51. The van der Waals surface area contributed by atoms with Gasteiger partial charge in [0.2, 0.25) is 4.77 Å². The highest BCUT2D eigenvalue weighted by atomic mass is 32.1. The molecule has 152 valence electrons. The van der Waals surface area contributed by atoms with Crippen molar-refractivity contribution in [3.05, 3.63) is 53.3 Å². The molecule has 0 aliphatic carbocycles. The first-order chi connectivity index (χ1) is 14.2. The minimum atomic E-state index is 0.640. The molecular weight excluding hydrogens is 384 g/mol. The van der Waals surface area contributed by atoms with E-state index in [0.29, 0.717) is 18.0 Å². The van der Waals surface area contributed by atoms with Crippen molar-refractivity contribution in [1.82, 2.24) is 19.2 Å². The first-order valence-electron chi connectivity index (χ1n) is 9.99. The first kappa shape index (κ1) is 19.7. The maximum absolute atomic E-state index is 5.85. The number of benzene rings is 2. The summed E-state index contributed by atoms with van der Waals surface area (Å²) < 4.78 is 15.6. The topological polar surface area (TPSA) is 44.5 Å². The molecule has 6 nitrogen and oxygen atoms in total. The van der Waals surface area contributed by atoms with Gasteiger partial charge in [0.05, 0.1) is 26.1 Å². The molecule has 29 heavy (non-hydrogen) atoms. The number of nitrogens with zero attached hydrogens (tertiary/aromatic N) is 4. The van der Waals surface area contributed by atoms with Gasteiger partial charge < -0.3 is 9.47 Å². The van der Waals surface area contributed by atoms with Crippen molar-refractivity contribution in [3.63, 3.8) is 0 Å². The van der Waals surface area contributed by atoms with Gasteiger partial charge in [-0.1, -0.05) is 12.1 Å². The summed E-state index contributed by atoms with van der Waals surface area (Å²) in [5, 5.41) is 4.90. The molecular formula is C22H26N4O2S. The number of rotatable bonds is 7. The molecule has 1 aromatic heterocycles. The summed E-state index contributed by atoms with van der Waals surface area (Å²) in [5.74, 6) is 2.44. The predicted octanol–water partition coefficient (Wildman–Crippen LogP) is 4.53. The van der Waals surface area contributed by atoms with Gasteiger partial charge in [-0.3, -0.25) is 9.47 Å². The van der Waals surface area contributed by atoms with E-state index in [2.05, 4.69) is 4.90 Å². The Bertz CT molecular complexity index is 1020. The van der Waals surface area contributed by atoms with Crippen LogP contribution in [0.5, 0.6) is 11.5 Å². The van der Waals surface area contributed by atoms with E-state index in [4.69, 9.17) is 26.8 Å². The fourth-order valence-electron chi connectivity index (χ4n) is 3.65. The van der Waals surface area contributed by atoms with Gasteiger partial charge in [0.1, 0.15) is 11.5 Å². The smallest absolute Gasteiger partial charge is 0.204 e. The Kier molecular flexibility index (Phi) is 5.97. The largest absolute Gasteiger partial charge is 0.497 e. The third kappa shape index (κ3) is 4.21. The second kappa shape index (κ2) is 8.80. The van der Waals surface area contributed by atoms with Gasteiger partial charge in [0.15, 0.2) is 5.82 Å². The summed E-state index contributed by atoms with van der Waals surface area (Å²) in [6, 6.07) is 15.9. The van der Waals surface area contributed by atoms with Crippen LogP contribution in [0.1, 0.15) is 19.8 Å². The van der Waals surface area contributed by atoms with Gasteiger partial charge in [-0.15, -0.1) is 5.10 Å². The van der Waals surface area contributed by atoms with Gasteiger partial charge in [0, 0.05) is 5.56 Å². The van der Waals surface area contributed by atoms with Crippen molar-refractivity contribution in [3.8, 4) is 28.6 Å². The van der Waals surface area contributed by atoms with Crippen molar-refractivity contribution < 1.29 is 9.47 Å². The fourth-order valence-corrected chi connectivity index (χ4v) is 3.94. The SMILES string of the molecule is CCOc1ccc(-n2c(-c3cccc(OC)c3)nn(CN3CCCC3)c2=S)cc1. The third-order valence-corrected chi connectivity index (χ3v) is 5.50. The van der Waals surface area contributed by atoms with E-state index >= 15 is 0 Å². The quantitative estimate of drug-likeness (QED) is 0.536. The molecule has 1 aliphatic rings. The standard InChI is InChI=1S/C22H26N4O2S/c1-3-28-19-11-9-18(10-12-19)26-21(17-7-6-8-20(15-17)27-2)23-25(22(26)29)16-24-13-4-5-14-24/h6-12,15H,3-5,13-14,16H2,1-2H3. The van der Waals surface area contributed by atoms with Crippen LogP contribution in [0.15, 0.2) is 48.5 Å². The van der Waals surface area contributed by atoms with E-state index in [9.17, 15) is 0 Å². The molecule has 3 aromatic rings. The monoisotopic (exact) mass is 410 g/mol. The van der Waals surface area contributed by atoms with Crippen molar-refractivity contribution in [2.75, 3.05) is 26.8 Å². The Morgan fingerprint density at radius 2 is 1.79 bits per heavy atom. The molecule has 0 unspecified atom stereocenters. The van der Waals surface area contributed by atoms with Crippen LogP contribution < -0.4 is 9.47 Å². The maximum Gasteiger partial charge on any atom is 0.204 e. The lowest BCUT2D eigenvalue weighted by molar-refractivity contribution is 0.253. The highest BCUT2D eigenvalue weighted by Crippen LogP contribution is 2.27. The second-order valence-electron chi connectivity index (χ2n) is 7.07. The summed E-state index contributed by atoms with van der Waals surface area (Å²) in [4.78, 5) is 2.39. The van der Waals surface area contributed by atoms with Gasteiger partial charge in [0.25, 0.3) is 0 Å². The zero-order valence-corrected chi connectivity index (χ0v) is 17.7. The minimum Gasteiger partial charge on any atom is -0.497 e. The molecule has 0 atom stereocenters. The minimum absolute atomic E-state index is 0.640. The molecule has 7 heteroatoms. The predicted molar refractivity (Wildman–Crippen MR) is 116 cm³/mol. The van der Waals surface area contributed by atoms with Gasteiger partial charge in [-0.05, 0) is 81.5 Å². The zero-order valence-electron chi connectivity index (χ0n) is 16.9. The summed E-state index contributed by atoms with van der Waals surface area (Å²) in [7, 11) is 1.67. The number of hydrogen-bond donors (Lipinski definition) is 0. The molecule has 1 aliphatic heterocycles. The summed E-state index contributed by atoms with van der Waals surface area (Å²) in [5.41, 5.74) is 1.92. The highest BCUT2D eigenvalue weighted by Gasteiger charge is 2.18. The maximum atomic E-state index is 5.85. The molecule has 0 spiro atoms. The van der Waals surface area contributed by atoms with Crippen LogP contribution in [0.4, 0.5) is 0 Å². The van der Waals surface area contributed by atoms with Gasteiger partial charge >= 0.3 is 0 Å². The Morgan fingerprint density at radius 1 is 1.03 bits per heavy atom. The van der Waals surface area contributed by atoms with E-state index in [1.54, 1.807) is 7.11 Å². The number of likely N-dealkylation sites (tertiary alicyclic amines) is 1. The Balaban J connectivity index is 1.80. The molecule has 1 fully saturated rings. The van der Waals surface area contributed by atoms with E-state index < -0.39 is 0 Å². The lowest BCUT2D eigenvalue weighted by Gasteiger charge is -2.13. The normalized spacial score (nSPS) is 14.3. The third-order valence-electron chi connectivity index (χ3n) is 5.11. The number of methoxy groups -OCH3 is 1. The molecule has 1 saturated heterocycles. The number of aromatic nitrogens is 3. The average molecular weight is 411 g/mol. The van der Waals surface area contributed by atoms with Crippen molar-refractivity contribution in [2.24, 2.45) is 0 Å². The Hall–Kier alpha value is -2.64. The zero-order chi connectivity index (χ0) is 20.2. The van der Waals surface area contributed by atoms with Crippen molar-refractivity contribution in [2.45, 2.75) is 26.4 Å². The number of ether oxygens (including phenoxy) is 2. The van der Waals surface area contributed by atoms with Crippen LogP contribution in [0.3, 0.4) is 0 Å². The highest BCUT2D eigenvalue weighted by molar-refractivity contribution is 7.71. The summed E-state index contributed by atoms with van der Waals surface area (Å²) >= 11 is 5.85. The molecule has 2 heterocycles. The van der Waals surface area contributed by atoms with E-state index in [-0.39, 0.29) is 0 Å². The van der Waals surface area contributed by atoms with Gasteiger partial charge in [-0.2, -0.15) is 0 Å². The second-order valence-corrected chi connectivity index (χ2v) is 7.43. The van der Waals surface area contributed by atoms with Crippen molar-refractivity contribution in [1.29, 1.82) is 0 Å². The van der Waals surface area contributed by atoms with E-state index in [1.807, 2.05) is 64.7 Å². The Morgan fingerprint density at radius 3 is 2.48 bits per heavy atom. The molecule has 4 rings (SSSR count). The van der Waals surface area contributed by atoms with E-state index in [0.717, 1.165) is 41.7 Å². The average Bonchev–Trinajstić information content (AvgIpc) is 3.38. The van der Waals surface area contributed by atoms with Gasteiger partial charge in [-0.25, -0.2) is 4.68 Å². The summed E-state index contributed by atoms with van der Waals surface area (Å²) in [6.07, 6.45) is 2.46. The van der Waals surface area contributed by atoms with Crippen LogP contribution in [-0.4, -0.2) is 46.1 Å². The molecule has 0 radical (unpaired) electrons. The molecule has 0 amide bonds. The molecule has 0 bridgehead atoms. The molecule has 0 saturated carbocycles. The molecule has 2 aromatic carbocycles. The van der Waals surface area contributed by atoms with Crippen LogP contribution in [-0.2, 0) is 6.67 Å². The lowest BCUT2D eigenvalue weighted by Crippen LogP contribution is -2.23. The number of hydrogen-bond acceptors (Lipinski definition) is 5. The lowest BCUT2D eigenvalue weighted by atomic mass is 10.2.